The van der Waals surface area contributed by atoms with E-state index in [1.165, 1.54) is 19.3 Å². The molecule has 0 heterocycles. The van der Waals surface area contributed by atoms with Crippen molar-refractivity contribution in [2.24, 2.45) is 5.41 Å². The van der Waals surface area contributed by atoms with Crippen molar-refractivity contribution in [2.75, 3.05) is 13.7 Å². The second kappa shape index (κ2) is 6.82. The lowest BCUT2D eigenvalue weighted by Gasteiger charge is -2.26. The van der Waals surface area contributed by atoms with Gasteiger partial charge in [-0.2, -0.15) is 0 Å². The van der Waals surface area contributed by atoms with Crippen LogP contribution < -0.4 is 0 Å². The fraction of sp³-hybridized carbons (Fsp3) is 0.500. The van der Waals surface area contributed by atoms with Crippen molar-refractivity contribution in [3.63, 3.8) is 0 Å². The predicted octanol–water partition coefficient (Wildman–Crippen LogP) is 1.86. The summed E-state index contributed by atoms with van der Waals surface area (Å²) in [5.74, 6) is -1.22. The van der Waals surface area contributed by atoms with Crippen LogP contribution in [0.1, 0.15) is 19.8 Å². The zero-order valence-electron chi connectivity index (χ0n) is 9.82. The minimum Gasteiger partial charge on any atom is -0.468 e. The summed E-state index contributed by atoms with van der Waals surface area (Å²) in [5.41, 5.74) is -1.34. The molecule has 4 heteroatoms. The summed E-state index contributed by atoms with van der Waals surface area (Å²) in [6.07, 6.45) is 3.34. The molecule has 0 fully saturated rings. The molecule has 0 atom stereocenters. The smallest absolute Gasteiger partial charge is 0.324 e. The van der Waals surface area contributed by atoms with Crippen LogP contribution in [-0.4, -0.2) is 25.7 Å². The molecule has 0 aromatic rings. The monoisotopic (exact) mass is 226 g/mol. The summed E-state index contributed by atoms with van der Waals surface area (Å²) >= 11 is 0. The van der Waals surface area contributed by atoms with Gasteiger partial charge in [0, 0.05) is 0 Å². The van der Waals surface area contributed by atoms with Gasteiger partial charge in [0.15, 0.2) is 5.41 Å². The summed E-state index contributed by atoms with van der Waals surface area (Å²) < 4.78 is 9.55. The third-order valence-corrected chi connectivity index (χ3v) is 2.23. The van der Waals surface area contributed by atoms with Crippen molar-refractivity contribution in [2.45, 2.75) is 19.8 Å². The molecular weight excluding hydrogens is 208 g/mol. The third-order valence-electron chi connectivity index (χ3n) is 2.23. The van der Waals surface area contributed by atoms with E-state index in [1.54, 1.807) is 6.92 Å². The van der Waals surface area contributed by atoms with Crippen LogP contribution in [0, 0.1) is 5.41 Å². The first kappa shape index (κ1) is 14.4. The quantitative estimate of drug-likeness (QED) is 0.378. The molecule has 0 amide bonds. The number of rotatable bonds is 7. The molecule has 0 radical (unpaired) electrons. The highest BCUT2D eigenvalue weighted by Gasteiger charge is 2.46. The van der Waals surface area contributed by atoms with E-state index in [0.717, 1.165) is 0 Å². The Labute approximate surface area is 95.9 Å². The number of carbonyl (C=O) groups is 2. The lowest BCUT2D eigenvalue weighted by Crippen LogP contribution is -2.41. The van der Waals surface area contributed by atoms with E-state index in [1.807, 2.05) is 0 Å². The average molecular weight is 226 g/mol. The first-order chi connectivity index (χ1) is 7.58. The van der Waals surface area contributed by atoms with E-state index in [-0.39, 0.29) is 19.4 Å². The van der Waals surface area contributed by atoms with Gasteiger partial charge in [-0.3, -0.25) is 9.59 Å². The molecule has 0 N–H and O–H groups in total. The highest BCUT2D eigenvalue weighted by Crippen LogP contribution is 2.31. The summed E-state index contributed by atoms with van der Waals surface area (Å²) in [7, 11) is 1.24. The van der Waals surface area contributed by atoms with Gasteiger partial charge < -0.3 is 9.47 Å². The topological polar surface area (TPSA) is 52.6 Å². The van der Waals surface area contributed by atoms with Crippen molar-refractivity contribution in [3.8, 4) is 0 Å². The molecule has 0 bridgehead atoms. The summed E-state index contributed by atoms with van der Waals surface area (Å²) in [5, 5.41) is 0. The van der Waals surface area contributed by atoms with E-state index in [0.29, 0.717) is 0 Å². The summed E-state index contributed by atoms with van der Waals surface area (Å²) in [6.45, 7) is 8.97. The summed E-state index contributed by atoms with van der Waals surface area (Å²) in [4.78, 5) is 23.5. The van der Waals surface area contributed by atoms with E-state index >= 15 is 0 Å². The molecule has 0 spiro atoms. The molecule has 0 aliphatic heterocycles. The highest BCUT2D eigenvalue weighted by atomic mass is 16.6. The molecule has 0 aromatic heterocycles. The van der Waals surface area contributed by atoms with Crippen LogP contribution in [0.15, 0.2) is 25.3 Å². The first-order valence-electron chi connectivity index (χ1n) is 5.06. The Morgan fingerprint density at radius 2 is 1.69 bits per heavy atom. The Morgan fingerprint density at radius 1 is 1.19 bits per heavy atom. The van der Waals surface area contributed by atoms with Crippen LogP contribution >= 0.6 is 0 Å². The molecule has 0 aliphatic carbocycles. The maximum Gasteiger partial charge on any atom is 0.324 e. The maximum absolute atomic E-state index is 11.8. The standard InChI is InChI=1S/C12H18O4/c1-5-8-12(9-6-2,10(13)15-4)11(14)16-7-3/h5-6H,1-2,7-9H2,3-4H3. The van der Waals surface area contributed by atoms with Crippen LogP contribution in [0.25, 0.3) is 0 Å². The Hall–Kier alpha value is -1.58. The van der Waals surface area contributed by atoms with Crippen molar-refractivity contribution >= 4 is 11.9 Å². The van der Waals surface area contributed by atoms with Crippen molar-refractivity contribution in [3.05, 3.63) is 25.3 Å². The molecule has 4 nitrogen and oxygen atoms in total. The van der Waals surface area contributed by atoms with Crippen LogP contribution in [0.3, 0.4) is 0 Å². The van der Waals surface area contributed by atoms with Crippen LogP contribution in [-0.2, 0) is 19.1 Å². The van der Waals surface area contributed by atoms with Gasteiger partial charge in [-0.1, -0.05) is 12.2 Å². The summed E-state index contributed by atoms with van der Waals surface area (Å²) in [6, 6.07) is 0. The number of ether oxygens (including phenoxy) is 2. The molecule has 0 unspecified atom stereocenters. The van der Waals surface area contributed by atoms with Crippen LogP contribution in [0.2, 0.25) is 0 Å². The van der Waals surface area contributed by atoms with E-state index in [4.69, 9.17) is 4.74 Å². The fourth-order valence-corrected chi connectivity index (χ4v) is 1.46. The van der Waals surface area contributed by atoms with Gasteiger partial charge >= 0.3 is 11.9 Å². The Bertz CT molecular complexity index is 271. The normalized spacial score (nSPS) is 10.4. The first-order valence-corrected chi connectivity index (χ1v) is 5.06. The SMILES string of the molecule is C=CCC(CC=C)(C(=O)OC)C(=O)OCC. The molecule has 16 heavy (non-hydrogen) atoms. The van der Waals surface area contributed by atoms with E-state index in [9.17, 15) is 9.59 Å². The highest BCUT2D eigenvalue weighted by molar-refractivity contribution is 6.00. The predicted molar refractivity (Wildman–Crippen MR) is 60.7 cm³/mol. The van der Waals surface area contributed by atoms with Crippen LogP contribution in [0.5, 0.6) is 0 Å². The average Bonchev–Trinajstić information content (AvgIpc) is 2.27. The fourth-order valence-electron chi connectivity index (χ4n) is 1.46. The van der Waals surface area contributed by atoms with Gasteiger partial charge in [0.1, 0.15) is 0 Å². The van der Waals surface area contributed by atoms with Gasteiger partial charge in [-0.05, 0) is 19.8 Å². The molecule has 0 aromatic carbocycles. The Balaban J connectivity index is 5.21. The van der Waals surface area contributed by atoms with Crippen molar-refractivity contribution < 1.29 is 19.1 Å². The second-order valence-electron chi connectivity index (χ2n) is 3.28. The molecular formula is C12H18O4. The Morgan fingerprint density at radius 3 is 2.00 bits per heavy atom. The maximum atomic E-state index is 11.8. The van der Waals surface area contributed by atoms with Gasteiger partial charge in [0.05, 0.1) is 13.7 Å². The third kappa shape index (κ3) is 2.95. The number of carbonyl (C=O) groups excluding carboxylic acids is 2. The lowest BCUT2D eigenvalue weighted by molar-refractivity contribution is -0.170. The number of hydrogen-bond acceptors (Lipinski definition) is 4. The zero-order valence-corrected chi connectivity index (χ0v) is 9.82. The van der Waals surface area contributed by atoms with E-state index in [2.05, 4.69) is 17.9 Å². The lowest BCUT2D eigenvalue weighted by atomic mass is 9.81. The second-order valence-corrected chi connectivity index (χ2v) is 3.28. The minimum atomic E-state index is -1.34. The zero-order chi connectivity index (χ0) is 12.6. The van der Waals surface area contributed by atoms with Crippen molar-refractivity contribution in [1.29, 1.82) is 0 Å². The number of hydrogen-bond donors (Lipinski definition) is 0. The number of allylic oxidation sites excluding steroid dienone is 2. The largest absolute Gasteiger partial charge is 0.468 e. The molecule has 90 valence electrons. The molecule has 0 rings (SSSR count). The Kier molecular flexibility index (Phi) is 6.15. The van der Waals surface area contributed by atoms with Crippen molar-refractivity contribution in [1.82, 2.24) is 0 Å². The van der Waals surface area contributed by atoms with Gasteiger partial charge in [-0.25, -0.2) is 0 Å². The minimum absolute atomic E-state index is 0.171. The molecule has 0 saturated heterocycles. The van der Waals surface area contributed by atoms with Gasteiger partial charge in [0.25, 0.3) is 0 Å². The van der Waals surface area contributed by atoms with E-state index < -0.39 is 17.4 Å². The van der Waals surface area contributed by atoms with Gasteiger partial charge in [-0.15, -0.1) is 13.2 Å². The van der Waals surface area contributed by atoms with Crippen LogP contribution in [0.4, 0.5) is 0 Å². The van der Waals surface area contributed by atoms with Gasteiger partial charge in [0.2, 0.25) is 0 Å². The molecule has 0 saturated carbocycles. The molecule has 0 aliphatic rings. The number of esters is 2. The number of methoxy groups -OCH3 is 1.